The normalized spacial score (nSPS) is 13.2. The highest BCUT2D eigenvalue weighted by Crippen LogP contribution is 2.20. The van der Waals surface area contributed by atoms with Gasteiger partial charge in [-0.15, -0.1) is 0 Å². The van der Waals surface area contributed by atoms with Gasteiger partial charge in [-0.2, -0.15) is 5.10 Å². The van der Waals surface area contributed by atoms with E-state index in [0.717, 1.165) is 11.1 Å². The highest BCUT2D eigenvalue weighted by atomic mass is 16.2. The van der Waals surface area contributed by atoms with Gasteiger partial charge in [0.1, 0.15) is 5.84 Å². The van der Waals surface area contributed by atoms with Crippen molar-refractivity contribution in [3.05, 3.63) is 35.4 Å². The van der Waals surface area contributed by atoms with Crippen molar-refractivity contribution >= 4 is 11.7 Å². The topological polar surface area (TPSA) is 120 Å². The molecule has 0 bridgehead atoms. The van der Waals surface area contributed by atoms with Crippen LogP contribution >= 0.6 is 0 Å². The van der Waals surface area contributed by atoms with Crippen LogP contribution in [0.3, 0.4) is 0 Å². The summed E-state index contributed by atoms with van der Waals surface area (Å²) in [6.45, 7) is 1.98. The predicted molar refractivity (Wildman–Crippen MR) is 66.7 cm³/mol. The third-order valence-corrected chi connectivity index (χ3v) is 2.54. The van der Waals surface area contributed by atoms with Gasteiger partial charge in [0.05, 0.1) is 5.92 Å². The molecule has 1 unspecified atom stereocenters. The Balaban J connectivity index is 2.98. The lowest BCUT2D eigenvalue weighted by molar-refractivity contribution is -0.121. The van der Waals surface area contributed by atoms with Gasteiger partial charge < -0.3 is 11.6 Å². The first kappa shape index (κ1) is 13.0. The molecule has 6 heteroatoms. The standard InChI is InChI=1S/C11H17N5O/c1-7-2-4-8(5-3-7)9(11(12)16-14)6-10(17)15-13/h2-5,9H,6,13-14H2,1H3,(H2,12,16)(H,15,17). The molecule has 0 saturated heterocycles. The van der Waals surface area contributed by atoms with Crippen molar-refractivity contribution in [2.75, 3.05) is 0 Å². The smallest absolute Gasteiger partial charge is 0.234 e. The zero-order valence-electron chi connectivity index (χ0n) is 9.68. The second kappa shape index (κ2) is 5.86. The van der Waals surface area contributed by atoms with Crippen molar-refractivity contribution in [3.8, 4) is 0 Å². The summed E-state index contributed by atoms with van der Waals surface area (Å²) < 4.78 is 0. The summed E-state index contributed by atoms with van der Waals surface area (Å²) in [6.07, 6.45) is 0.117. The van der Waals surface area contributed by atoms with E-state index >= 15 is 0 Å². The second-order valence-electron chi connectivity index (χ2n) is 3.79. The first-order valence-corrected chi connectivity index (χ1v) is 5.17. The monoisotopic (exact) mass is 235 g/mol. The van der Waals surface area contributed by atoms with Crippen molar-refractivity contribution in [2.24, 2.45) is 22.5 Å². The average molecular weight is 235 g/mol. The number of hydrogen-bond donors (Lipinski definition) is 4. The molecule has 0 heterocycles. The highest BCUT2D eigenvalue weighted by molar-refractivity contribution is 5.91. The lowest BCUT2D eigenvalue weighted by Gasteiger charge is -2.15. The average Bonchev–Trinajstić information content (AvgIpc) is 2.36. The molecule has 0 spiro atoms. The summed E-state index contributed by atoms with van der Waals surface area (Å²) in [4.78, 5) is 11.3. The number of amidine groups is 1. The predicted octanol–water partition coefficient (Wildman–Crippen LogP) is -0.310. The minimum atomic E-state index is -0.357. The van der Waals surface area contributed by atoms with E-state index in [4.69, 9.17) is 17.4 Å². The molecule has 17 heavy (non-hydrogen) atoms. The van der Waals surface area contributed by atoms with Crippen LogP contribution in [0.1, 0.15) is 23.5 Å². The number of carbonyl (C=O) groups excluding carboxylic acids is 1. The Kier molecular flexibility index (Phi) is 4.47. The van der Waals surface area contributed by atoms with E-state index in [-0.39, 0.29) is 24.1 Å². The summed E-state index contributed by atoms with van der Waals surface area (Å²) in [7, 11) is 0. The van der Waals surface area contributed by atoms with E-state index in [9.17, 15) is 4.79 Å². The van der Waals surface area contributed by atoms with E-state index in [0.29, 0.717) is 0 Å². The van der Waals surface area contributed by atoms with Crippen LogP contribution in [0.25, 0.3) is 0 Å². The van der Waals surface area contributed by atoms with Crippen molar-refractivity contribution in [3.63, 3.8) is 0 Å². The van der Waals surface area contributed by atoms with Crippen molar-refractivity contribution in [2.45, 2.75) is 19.3 Å². The Hall–Kier alpha value is -2.08. The molecule has 1 rings (SSSR count). The van der Waals surface area contributed by atoms with E-state index in [1.54, 1.807) is 0 Å². The van der Waals surface area contributed by atoms with E-state index in [2.05, 4.69) is 10.5 Å². The SMILES string of the molecule is Cc1ccc(C(CC(=O)NN)/C(N)=N\N)cc1. The summed E-state index contributed by atoms with van der Waals surface area (Å²) in [6, 6.07) is 7.66. The molecule has 0 aromatic heterocycles. The van der Waals surface area contributed by atoms with Crippen LogP contribution in [-0.4, -0.2) is 11.7 Å². The fraction of sp³-hybridized carbons (Fsp3) is 0.273. The third-order valence-electron chi connectivity index (χ3n) is 2.54. The van der Waals surface area contributed by atoms with Gasteiger partial charge in [0.2, 0.25) is 5.91 Å². The Bertz CT molecular complexity index is 412. The minimum absolute atomic E-state index is 0.117. The zero-order chi connectivity index (χ0) is 12.8. The maximum Gasteiger partial charge on any atom is 0.234 e. The van der Waals surface area contributed by atoms with Crippen LogP contribution in [0.15, 0.2) is 29.4 Å². The van der Waals surface area contributed by atoms with Gasteiger partial charge in [-0.25, -0.2) is 5.84 Å². The maximum atomic E-state index is 11.3. The van der Waals surface area contributed by atoms with Gasteiger partial charge in [0.15, 0.2) is 0 Å². The van der Waals surface area contributed by atoms with Gasteiger partial charge in [-0.05, 0) is 12.5 Å². The largest absolute Gasteiger partial charge is 0.385 e. The second-order valence-corrected chi connectivity index (χ2v) is 3.79. The van der Waals surface area contributed by atoms with Gasteiger partial charge in [0.25, 0.3) is 0 Å². The summed E-state index contributed by atoms with van der Waals surface area (Å²) >= 11 is 0. The molecule has 6 nitrogen and oxygen atoms in total. The Morgan fingerprint density at radius 3 is 2.47 bits per heavy atom. The molecule has 1 amide bonds. The summed E-state index contributed by atoms with van der Waals surface area (Å²) in [5.41, 5.74) is 9.76. The number of nitrogens with two attached hydrogens (primary N) is 3. The van der Waals surface area contributed by atoms with Crippen LogP contribution in [0.5, 0.6) is 0 Å². The zero-order valence-corrected chi connectivity index (χ0v) is 9.68. The van der Waals surface area contributed by atoms with Crippen LogP contribution in [0.2, 0.25) is 0 Å². The number of hydrazine groups is 1. The third kappa shape index (κ3) is 3.46. The molecule has 1 aromatic carbocycles. The number of hydrogen-bond acceptors (Lipinski definition) is 4. The molecular formula is C11H17N5O. The molecule has 1 atom stereocenters. The van der Waals surface area contributed by atoms with Crippen LogP contribution in [-0.2, 0) is 4.79 Å². The van der Waals surface area contributed by atoms with Crippen molar-refractivity contribution in [1.82, 2.24) is 5.43 Å². The van der Waals surface area contributed by atoms with Gasteiger partial charge in [-0.3, -0.25) is 10.2 Å². The van der Waals surface area contributed by atoms with Crippen molar-refractivity contribution in [1.29, 1.82) is 0 Å². The van der Waals surface area contributed by atoms with Gasteiger partial charge in [-0.1, -0.05) is 29.8 Å². The van der Waals surface area contributed by atoms with Gasteiger partial charge in [0, 0.05) is 6.42 Å². The molecule has 1 aromatic rings. The molecule has 7 N–H and O–H groups in total. The number of benzene rings is 1. The number of nitrogens with one attached hydrogen (secondary N) is 1. The van der Waals surface area contributed by atoms with Gasteiger partial charge >= 0.3 is 0 Å². The number of carbonyl (C=O) groups is 1. The minimum Gasteiger partial charge on any atom is -0.385 e. The Morgan fingerprint density at radius 2 is 2.00 bits per heavy atom. The molecule has 0 aliphatic carbocycles. The van der Waals surface area contributed by atoms with Crippen LogP contribution < -0.4 is 22.8 Å². The fourth-order valence-corrected chi connectivity index (χ4v) is 1.53. The molecule has 0 saturated carbocycles. The molecule has 0 aliphatic rings. The summed E-state index contributed by atoms with van der Waals surface area (Å²) in [5, 5.41) is 3.45. The maximum absolute atomic E-state index is 11.3. The summed E-state index contributed by atoms with van der Waals surface area (Å²) in [5.74, 6) is 9.74. The first-order chi connectivity index (χ1) is 8.08. The molecular weight excluding hydrogens is 218 g/mol. The Morgan fingerprint density at radius 1 is 1.41 bits per heavy atom. The number of nitrogens with zero attached hydrogens (tertiary/aromatic N) is 1. The molecule has 0 aliphatic heterocycles. The molecule has 0 fully saturated rings. The number of rotatable bonds is 4. The number of aryl methyl sites for hydroxylation is 1. The number of hydrazone groups is 1. The quantitative estimate of drug-likeness (QED) is 0.188. The lowest BCUT2D eigenvalue weighted by atomic mass is 9.93. The van der Waals surface area contributed by atoms with Crippen molar-refractivity contribution < 1.29 is 4.79 Å². The lowest BCUT2D eigenvalue weighted by Crippen LogP contribution is -2.34. The Labute approximate surface area is 99.8 Å². The van der Waals surface area contributed by atoms with E-state index in [1.165, 1.54) is 0 Å². The first-order valence-electron chi connectivity index (χ1n) is 5.17. The van der Waals surface area contributed by atoms with E-state index in [1.807, 2.05) is 31.2 Å². The number of amides is 1. The van der Waals surface area contributed by atoms with E-state index < -0.39 is 0 Å². The molecule has 92 valence electrons. The van der Waals surface area contributed by atoms with Crippen LogP contribution in [0, 0.1) is 6.92 Å². The fourth-order valence-electron chi connectivity index (χ4n) is 1.53. The molecule has 0 radical (unpaired) electrons. The van der Waals surface area contributed by atoms with Crippen LogP contribution in [0.4, 0.5) is 0 Å². The highest BCUT2D eigenvalue weighted by Gasteiger charge is 2.19.